The Labute approximate surface area is 72.5 Å². The standard InChI is InChI=1S/C8H12Cl2/c1-8(10)6-4-2-3-5-7-9/h3,5-6H,2,4,7H2,1H3/b5-3+,8-6+. The molecule has 0 spiro atoms. The molecule has 0 heterocycles. The van der Waals surface area contributed by atoms with Gasteiger partial charge in [-0.2, -0.15) is 0 Å². The monoisotopic (exact) mass is 178 g/mol. The van der Waals surface area contributed by atoms with Crippen molar-refractivity contribution >= 4 is 23.2 Å². The fourth-order valence-electron chi connectivity index (χ4n) is 0.559. The Bertz CT molecular complexity index is 121. The van der Waals surface area contributed by atoms with E-state index in [1.54, 1.807) is 0 Å². The van der Waals surface area contributed by atoms with E-state index >= 15 is 0 Å². The molecule has 2 heteroatoms. The SMILES string of the molecule is C/C(Cl)=C\CC/C=C/CCl. The third kappa shape index (κ3) is 8.06. The first-order valence-corrected chi connectivity index (χ1v) is 4.22. The van der Waals surface area contributed by atoms with Gasteiger partial charge in [0.1, 0.15) is 0 Å². The lowest BCUT2D eigenvalue weighted by Gasteiger charge is -1.86. The van der Waals surface area contributed by atoms with Gasteiger partial charge in [0.25, 0.3) is 0 Å². The minimum absolute atomic E-state index is 0.601. The minimum Gasteiger partial charge on any atom is -0.122 e. The molecular weight excluding hydrogens is 167 g/mol. The van der Waals surface area contributed by atoms with Gasteiger partial charge in [-0.3, -0.25) is 0 Å². The van der Waals surface area contributed by atoms with Crippen LogP contribution in [0.25, 0.3) is 0 Å². The fourth-order valence-corrected chi connectivity index (χ4v) is 0.794. The summed E-state index contributed by atoms with van der Waals surface area (Å²) in [5, 5.41) is 0.860. The Balaban J connectivity index is 3.21. The van der Waals surface area contributed by atoms with Crippen LogP contribution in [0, 0.1) is 0 Å². The molecule has 0 aliphatic heterocycles. The highest BCUT2D eigenvalue weighted by Gasteiger charge is 1.79. The van der Waals surface area contributed by atoms with Crippen LogP contribution in [0.15, 0.2) is 23.3 Å². The van der Waals surface area contributed by atoms with Crippen molar-refractivity contribution in [3.63, 3.8) is 0 Å². The van der Waals surface area contributed by atoms with Gasteiger partial charge in [0.05, 0.1) is 0 Å². The molecular formula is C8H12Cl2. The number of unbranched alkanes of at least 4 members (excludes halogenated alkanes) is 1. The van der Waals surface area contributed by atoms with Crippen LogP contribution < -0.4 is 0 Å². The molecule has 0 fully saturated rings. The van der Waals surface area contributed by atoms with Gasteiger partial charge in [-0.1, -0.05) is 29.8 Å². The Morgan fingerprint density at radius 2 is 2.00 bits per heavy atom. The van der Waals surface area contributed by atoms with E-state index in [-0.39, 0.29) is 0 Å². The van der Waals surface area contributed by atoms with Crippen molar-refractivity contribution < 1.29 is 0 Å². The molecule has 0 nitrogen and oxygen atoms in total. The van der Waals surface area contributed by atoms with Crippen LogP contribution in [0.2, 0.25) is 0 Å². The van der Waals surface area contributed by atoms with E-state index in [4.69, 9.17) is 23.2 Å². The molecule has 0 unspecified atom stereocenters. The largest absolute Gasteiger partial charge is 0.122 e. The molecule has 0 aromatic heterocycles. The first-order valence-electron chi connectivity index (χ1n) is 3.30. The van der Waals surface area contributed by atoms with Crippen LogP contribution in [0.1, 0.15) is 19.8 Å². The van der Waals surface area contributed by atoms with E-state index in [0.717, 1.165) is 17.9 Å². The summed E-state index contributed by atoms with van der Waals surface area (Å²) in [7, 11) is 0. The van der Waals surface area contributed by atoms with E-state index in [1.807, 2.05) is 19.1 Å². The van der Waals surface area contributed by atoms with Crippen molar-refractivity contribution in [1.82, 2.24) is 0 Å². The Morgan fingerprint density at radius 1 is 1.30 bits per heavy atom. The highest BCUT2D eigenvalue weighted by Crippen LogP contribution is 2.02. The summed E-state index contributed by atoms with van der Waals surface area (Å²) in [5.74, 6) is 0.601. The first kappa shape index (κ1) is 10.1. The zero-order valence-corrected chi connectivity index (χ0v) is 7.62. The number of alkyl halides is 1. The summed E-state index contributed by atoms with van der Waals surface area (Å²) in [6, 6.07) is 0. The predicted octanol–water partition coefficient (Wildman–Crippen LogP) is 3.70. The Morgan fingerprint density at radius 3 is 2.50 bits per heavy atom. The van der Waals surface area contributed by atoms with E-state index in [1.165, 1.54) is 0 Å². The van der Waals surface area contributed by atoms with Crippen molar-refractivity contribution in [1.29, 1.82) is 0 Å². The number of allylic oxidation sites excluding steroid dienone is 4. The minimum atomic E-state index is 0.601. The summed E-state index contributed by atoms with van der Waals surface area (Å²) in [4.78, 5) is 0. The lowest BCUT2D eigenvalue weighted by atomic mass is 10.3. The molecule has 0 bridgehead atoms. The topological polar surface area (TPSA) is 0 Å². The van der Waals surface area contributed by atoms with Gasteiger partial charge < -0.3 is 0 Å². The third-order valence-corrected chi connectivity index (χ3v) is 1.35. The zero-order valence-electron chi connectivity index (χ0n) is 6.11. The highest BCUT2D eigenvalue weighted by molar-refractivity contribution is 6.29. The normalized spacial score (nSPS) is 12.9. The van der Waals surface area contributed by atoms with Crippen molar-refractivity contribution in [2.24, 2.45) is 0 Å². The molecule has 0 saturated carbocycles. The van der Waals surface area contributed by atoms with Crippen LogP contribution in [-0.4, -0.2) is 5.88 Å². The lowest BCUT2D eigenvalue weighted by molar-refractivity contribution is 1.04. The second-order valence-electron chi connectivity index (χ2n) is 1.99. The molecule has 58 valence electrons. The second-order valence-corrected chi connectivity index (χ2v) is 2.90. The number of rotatable bonds is 4. The molecule has 0 aromatic rings. The van der Waals surface area contributed by atoms with Gasteiger partial charge in [0.2, 0.25) is 0 Å². The maximum Gasteiger partial charge on any atom is 0.0404 e. The van der Waals surface area contributed by atoms with Crippen molar-refractivity contribution in [2.45, 2.75) is 19.8 Å². The summed E-state index contributed by atoms with van der Waals surface area (Å²) in [6.45, 7) is 1.88. The summed E-state index contributed by atoms with van der Waals surface area (Å²) in [5.41, 5.74) is 0. The van der Waals surface area contributed by atoms with E-state index in [2.05, 4.69) is 6.08 Å². The quantitative estimate of drug-likeness (QED) is 0.350. The van der Waals surface area contributed by atoms with E-state index in [9.17, 15) is 0 Å². The van der Waals surface area contributed by atoms with Crippen LogP contribution >= 0.6 is 23.2 Å². The molecule has 0 aliphatic carbocycles. The van der Waals surface area contributed by atoms with Gasteiger partial charge >= 0.3 is 0 Å². The fraction of sp³-hybridized carbons (Fsp3) is 0.500. The first-order chi connectivity index (χ1) is 4.77. The molecule has 0 amide bonds. The smallest absolute Gasteiger partial charge is 0.0404 e. The van der Waals surface area contributed by atoms with Gasteiger partial charge in [0, 0.05) is 10.9 Å². The lowest BCUT2D eigenvalue weighted by Crippen LogP contribution is -1.67. The summed E-state index contributed by atoms with van der Waals surface area (Å²) in [6.07, 6.45) is 8.03. The number of hydrogen-bond donors (Lipinski definition) is 0. The molecule has 0 aliphatic rings. The maximum atomic E-state index is 5.60. The van der Waals surface area contributed by atoms with E-state index in [0.29, 0.717) is 5.88 Å². The maximum absolute atomic E-state index is 5.60. The average molecular weight is 179 g/mol. The van der Waals surface area contributed by atoms with Gasteiger partial charge in [0.15, 0.2) is 0 Å². The van der Waals surface area contributed by atoms with Crippen LogP contribution in [0.5, 0.6) is 0 Å². The van der Waals surface area contributed by atoms with Gasteiger partial charge in [-0.15, -0.1) is 11.6 Å². The molecule has 0 rings (SSSR count). The Hall–Kier alpha value is 0.0600. The number of halogens is 2. The molecule has 0 atom stereocenters. The van der Waals surface area contributed by atoms with Crippen molar-refractivity contribution in [2.75, 3.05) is 5.88 Å². The number of hydrogen-bond acceptors (Lipinski definition) is 0. The van der Waals surface area contributed by atoms with Crippen molar-refractivity contribution in [3.05, 3.63) is 23.3 Å². The molecule has 0 radical (unpaired) electrons. The second kappa shape index (κ2) is 7.17. The average Bonchev–Trinajstić information content (AvgIpc) is 1.87. The zero-order chi connectivity index (χ0) is 7.82. The highest BCUT2D eigenvalue weighted by atomic mass is 35.5. The predicted molar refractivity (Wildman–Crippen MR) is 48.7 cm³/mol. The molecule has 10 heavy (non-hydrogen) atoms. The van der Waals surface area contributed by atoms with Crippen LogP contribution in [0.3, 0.4) is 0 Å². The van der Waals surface area contributed by atoms with Crippen molar-refractivity contribution in [3.8, 4) is 0 Å². The molecule has 0 N–H and O–H groups in total. The summed E-state index contributed by atoms with van der Waals surface area (Å²) >= 11 is 11.0. The molecule has 0 saturated heterocycles. The molecule has 0 aromatic carbocycles. The summed E-state index contributed by atoms with van der Waals surface area (Å²) < 4.78 is 0. The van der Waals surface area contributed by atoms with Gasteiger partial charge in [-0.25, -0.2) is 0 Å². The van der Waals surface area contributed by atoms with Crippen LogP contribution in [0.4, 0.5) is 0 Å². The third-order valence-electron chi connectivity index (χ3n) is 1.01. The van der Waals surface area contributed by atoms with Crippen LogP contribution in [-0.2, 0) is 0 Å². The van der Waals surface area contributed by atoms with Gasteiger partial charge in [-0.05, 0) is 19.8 Å². The Kier molecular flexibility index (Phi) is 7.21. The van der Waals surface area contributed by atoms with E-state index < -0.39 is 0 Å².